The van der Waals surface area contributed by atoms with Crippen LogP contribution in [0.2, 0.25) is 5.02 Å². The van der Waals surface area contributed by atoms with Gasteiger partial charge < -0.3 is 14.8 Å². The molecule has 0 aliphatic carbocycles. The van der Waals surface area contributed by atoms with Gasteiger partial charge in [0, 0.05) is 17.0 Å². The van der Waals surface area contributed by atoms with Crippen molar-refractivity contribution in [2.45, 2.75) is 51.4 Å². The predicted octanol–water partition coefficient (Wildman–Crippen LogP) is 6.73. The number of carbonyl (C=O) groups excluding carboxylic acids is 1. The Labute approximate surface area is 194 Å². The van der Waals surface area contributed by atoms with Crippen molar-refractivity contribution in [2.24, 2.45) is 0 Å². The molecule has 0 fully saturated rings. The van der Waals surface area contributed by atoms with Gasteiger partial charge in [0.25, 0.3) is 5.91 Å². The van der Waals surface area contributed by atoms with Crippen molar-refractivity contribution < 1.29 is 14.3 Å². The summed E-state index contributed by atoms with van der Waals surface area (Å²) in [6.45, 7) is 4.63. The summed E-state index contributed by atoms with van der Waals surface area (Å²) in [4.78, 5) is 13.4. The molecule has 0 saturated carbocycles. The zero-order chi connectivity index (χ0) is 22.6. The van der Waals surface area contributed by atoms with Crippen LogP contribution in [0.3, 0.4) is 0 Å². The van der Waals surface area contributed by atoms with Gasteiger partial charge in [0.2, 0.25) is 0 Å². The molecule has 1 atom stereocenters. The van der Waals surface area contributed by atoms with Gasteiger partial charge in [-0.2, -0.15) is 0 Å². The molecule has 0 bridgehead atoms. The third-order valence-corrected chi connectivity index (χ3v) is 6.45. The number of hydrogen-bond donors (Lipinski definition) is 1. The van der Waals surface area contributed by atoms with Crippen molar-refractivity contribution in [3.63, 3.8) is 0 Å². The normalized spacial score (nSPS) is 16.5. The van der Waals surface area contributed by atoms with Crippen molar-refractivity contribution in [2.75, 3.05) is 0 Å². The Hall–Kier alpha value is -2.98. The fourth-order valence-electron chi connectivity index (χ4n) is 4.21. The molecular weight excluding hydrogens is 422 g/mol. The van der Waals surface area contributed by atoms with Gasteiger partial charge in [0.1, 0.15) is 23.7 Å². The Morgan fingerprint density at radius 1 is 1.06 bits per heavy atom. The summed E-state index contributed by atoms with van der Waals surface area (Å²) in [5.41, 5.74) is 2.15. The van der Waals surface area contributed by atoms with Crippen LogP contribution in [0.5, 0.6) is 11.5 Å². The molecule has 166 valence electrons. The van der Waals surface area contributed by atoms with Crippen LogP contribution in [0.1, 0.15) is 60.6 Å². The third-order valence-electron chi connectivity index (χ3n) is 6.21. The lowest BCUT2D eigenvalue weighted by molar-refractivity contribution is 0.0227. The summed E-state index contributed by atoms with van der Waals surface area (Å²) < 4.78 is 12.4. The highest BCUT2D eigenvalue weighted by molar-refractivity contribution is 6.31. The minimum atomic E-state index is -0.298. The Balaban J connectivity index is 1.59. The Kier molecular flexibility index (Phi) is 6.71. The van der Waals surface area contributed by atoms with E-state index in [9.17, 15) is 4.79 Å². The first-order valence-corrected chi connectivity index (χ1v) is 11.5. The quantitative estimate of drug-likeness (QED) is 0.435. The smallest absolute Gasteiger partial charge is 0.255 e. The molecule has 0 spiro atoms. The number of nitrogens with one attached hydrogen (secondary N) is 1. The topological polar surface area (TPSA) is 47.6 Å². The second kappa shape index (κ2) is 9.66. The molecule has 0 saturated heterocycles. The van der Waals surface area contributed by atoms with Gasteiger partial charge in [-0.05, 0) is 42.7 Å². The lowest BCUT2D eigenvalue weighted by Crippen LogP contribution is -2.44. The van der Waals surface area contributed by atoms with E-state index < -0.39 is 0 Å². The Bertz CT molecular complexity index is 1080. The molecule has 3 aromatic carbocycles. The number of ether oxygens (including phenoxy) is 2. The van der Waals surface area contributed by atoms with E-state index in [2.05, 4.69) is 19.2 Å². The van der Waals surface area contributed by atoms with Gasteiger partial charge in [-0.1, -0.05) is 74.0 Å². The number of rotatable bonds is 7. The predicted molar refractivity (Wildman–Crippen MR) is 127 cm³/mol. The maximum Gasteiger partial charge on any atom is 0.255 e. The van der Waals surface area contributed by atoms with E-state index in [0.717, 1.165) is 29.7 Å². The van der Waals surface area contributed by atoms with Gasteiger partial charge in [-0.15, -0.1) is 0 Å². The van der Waals surface area contributed by atoms with Crippen LogP contribution in [0.4, 0.5) is 0 Å². The van der Waals surface area contributed by atoms with Crippen molar-refractivity contribution in [1.82, 2.24) is 5.32 Å². The number of fused-ring (bicyclic) bond motifs is 1. The van der Waals surface area contributed by atoms with E-state index in [0.29, 0.717) is 29.4 Å². The molecule has 1 amide bonds. The zero-order valence-corrected chi connectivity index (χ0v) is 19.2. The van der Waals surface area contributed by atoms with Gasteiger partial charge in [-0.25, -0.2) is 0 Å². The van der Waals surface area contributed by atoms with Crippen LogP contribution in [0.15, 0.2) is 72.8 Å². The number of benzene rings is 3. The third kappa shape index (κ3) is 4.76. The average molecular weight is 450 g/mol. The van der Waals surface area contributed by atoms with E-state index in [-0.39, 0.29) is 17.6 Å². The van der Waals surface area contributed by atoms with E-state index in [1.165, 1.54) is 0 Å². The standard InChI is InChI=1S/C27H28ClNO3/c1-3-27(4-2)17-23(21-12-8-9-13-25(21)32-27)29-26(30)22-16-20(28)14-15-24(22)31-18-19-10-6-5-7-11-19/h5-16,23H,3-4,17-18H2,1-2H3,(H,29,30)/t23-/m1/s1. The molecular formula is C27H28ClNO3. The fourth-order valence-corrected chi connectivity index (χ4v) is 4.38. The average Bonchev–Trinajstić information content (AvgIpc) is 2.83. The highest BCUT2D eigenvalue weighted by Gasteiger charge is 2.39. The molecule has 0 unspecified atom stereocenters. The van der Waals surface area contributed by atoms with Crippen molar-refractivity contribution in [3.8, 4) is 11.5 Å². The maximum atomic E-state index is 13.4. The number of carbonyl (C=O) groups is 1. The van der Waals surface area contributed by atoms with Crippen LogP contribution in [0.25, 0.3) is 0 Å². The molecule has 0 aromatic heterocycles. The molecule has 0 radical (unpaired) electrons. The van der Waals surface area contributed by atoms with E-state index in [4.69, 9.17) is 21.1 Å². The summed E-state index contributed by atoms with van der Waals surface area (Å²) in [6, 6.07) is 22.8. The van der Waals surface area contributed by atoms with Crippen LogP contribution in [0, 0.1) is 0 Å². The molecule has 4 rings (SSSR count). The molecule has 4 nitrogen and oxygen atoms in total. The molecule has 3 aromatic rings. The summed E-state index contributed by atoms with van der Waals surface area (Å²) in [5.74, 6) is 1.13. The fraction of sp³-hybridized carbons (Fsp3) is 0.296. The zero-order valence-electron chi connectivity index (χ0n) is 18.4. The van der Waals surface area contributed by atoms with Crippen molar-refractivity contribution in [3.05, 3.63) is 94.5 Å². The lowest BCUT2D eigenvalue weighted by atomic mass is 9.83. The molecule has 5 heteroatoms. The van der Waals surface area contributed by atoms with Crippen LogP contribution >= 0.6 is 11.6 Å². The number of para-hydroxylation sites is 1. The summed E-state index contributed by atoms with van der Waals surface area (Å²) >= 11 is 6.24. The van der Waals surface area contributed by atoms with E-state index in [1.54, 1.807) is 18.2 Å². The number of halogens is 1. The van der Waals surface area contributed by atoms with Crippen LogP contribution < -0.4 is 14.8 Å². The number of amides is 1. The summed E-state index contributed by atoms with van der Waals surface area (Å²) in [5, 5.41) is 3.71. The highest BCUT2D eigenvalue weighted by Crippen LogP contribution is 2.42. The maximum absolute atomic E-state index is 13.4. The van der Waals surface area contributed by atoms with Gasteiger partial charge in [-0.3, -0.25) is 4.79 Å². The Morgan fingerprint density at radius 3 is 2.53 bits per heavy atom. The second-order valence-corrected chi connectivity index (χ2v) is 8.61. The minimum absolute atomic E-state index is 0.159. The molecule has 1 N–H and O–H groups in total. The van der Waals surface area contributed by atoms with Crippen LogP contribution in [-0.4, -0.2) is 11.5 Å². The number of hydrogen-bond acceptors (Lipinski definition) is 3. The summed E-state index contributed by atoms with van der Waals surface area (Å²) in [7, 11) is 0. The monoisotopic (exact) mass is 449 g/mol. The largest absolute Gasteiger partial charge is 0.488 e. The first kappa shape index (κ1) is 22.2. The first-order chi connectivity index (χ1) is 15.5. The minimum Gasteiger partial charge on any atom is -0.488 e. The van der Waals surface area contributed by atoms with Gasteiger partial charge in [0.15, 0.2) is 0 Å². The molecule has 1 heterocycles. The van der Waals surface area contributed by atoms with Crippen LogP contribution in [-0.2, 0) is 6.61 Å². The van der Waals surface area contributed by atoms with Crippen molar-refractivity contribution >= 4 is 17.5 Å². The highest BCUT2D eigenvalue weighted by atomic mass is 35.5. The second-order valence-electron chi connectivity index (χ2n) is 8.17. The summed E-state index contributed by atoms with van der Waals surface area (Å²) in [6.07, 6.45) is 2.45. The van der Waals surface area contributed by atoms with E-state index in [1.807, 2.05) is 54.6 Å². The van der Waals surface area contributed by atoms with Gasteiger partial charge >= 0.3 is 0 Å². The van der Waals surface area contributed by atoms with E-state index >= 15 is 0 Å². The molecule has 1 aliphatic heterocycles. The lowest BCUT2D eigenvalue weighted by Gasteiger charge is -2.41. The van der Waals surface area contributed by atoms with Crippen molar-refractivity contribution in [1.29, 1.82) is 0 Å². The first-order valence-electron chi connectivity index (χ1n) is 11.1. The van der Waals surface area contributed by atoms with Gasteiger partial charge in [0.05, 0.1) is 11.6 Å². The SMILES string of the molecule is CCC1(CC)C[C@@H](NC(=O)c2cc(Cl)ccc2OCc2ccccc2)c2ccccc2O1. The molecule has 1 aliphatic rings. The Morgan fingerprint density at radius 2 is 1.78 bits per heavy atom. The molecule has 32 heavy (non-hydrogen) atoms.